The van der Waals surface area contributed by atoms with Gasteiger partial charge in [0.1, 0.15) is 23.9 Å². The van der Waals surface area contributed by atoms with E-state index in [0.717, 1.165) is 22.7 Å². The smallest absolute Gasteiger partial charge is 0.446 e. The number of aliphatic imine (C=N–C) groups is 1. The Bertz CT molecular complexity index is 1880. The maximum absolute atomic E-state index is 12.8. The first-order chi connectivity index (χ1) is 21.3. The van der Waals surface area contributed by atoms with Crippen LogP contribution in [0.4, 0.5) is 30.5 Å². The van der Waals surface area contributed by atoms with Crippen molar-refractivity contribution in [2.75, 3.05) is 25.6 Å². The number of nitrogens with zero attached hydrogens (tertiary/aromatic N) is 3. The highest BCUT2D eigenvalue weighted by Gasteiger charge is 2.46. The quantitative estimate of drug-likeness (QED) is 0.0850. The van der Waals surface area contributed by atoms with Crippen LogP contribution in [0.5, 0.6) is 17.2 Å². The van der Waals surface area contributed by atoms with Gasteiger partial charge >= 0.3 is 5.51 Å². The molecule has 9 nitrogen and oxygen atoms in total. The van der Waals surface area contributed by atoms with Crippen molar-refractivity contribution in [3.8, 4) is 17.2 Å². The van der Waals surface area contributed by atoms with Gasteiger partial charge in [0.15, 0.2) is 0 Å². The van der Waals surface area contributed by atoms with Gasteiger partial charge < -0.3 is 24.5 Å². The number of hydrogen-bond acceptors (Lipinski definition) is 9. The molecular formula is C31H25F3N6O3S. The SMILES string of the molecule is COCCOc1ccc2c(c1)N=C(c1cc(Oc3ccc4nc(Nc5cccc(SC(F)(F)F)c5)[nH]c4c3)ccn1)C1NC21. The minimum absolute atomic E-state index is 0.0746. The molecule has 0 aliphatic carbocycles. The fourth-order valence-electron chi connectivity index (χ4n) is 5.05. The lowest BCUT2D eigenvalue weighted by Gasteiger charge is -2.15. The summed E-state index contributed by atoms with van der Waals surface area (Å²) in [5.74, 6) is 2.29. The summed E-state index contributed by atoms with van der Waals surface area (Å²) >= 11 is -0.165. The molecule has 44 heavy (non-hydrogen) atoms. The zero-order valence-corrected chi connectivity index (χ0v) is 24.0. The van der Waals surface area contributed by atoms with Gasteiger partial charge in [-0.3, -0.25) is 10.3 Å². The normalized spacial score (nSPS) is 17.0. The largest absolute Gasteiger partial charge is 0.491 e. The number of thioether (sulfide) groups is 1. The third-order valence-electron chi connectivity index (χ3n) is 7.03. The zero-order valence-electron chi connectivity index (χ0n) is 23.2. The standard InChI is InChI=1S/C31H25F3N6O3S/c1-41-11-12-42-18-5-7-22-24(14-18)37-28(29-27(22)40-29)26-16-20(9-10-35-26)43-19-6-8-23-25(15-19)39-30(38-23)36-17-3-2-4-21(13-17)44-31(32,33)34/h2-10,13-16,27,29,40H,11-12H2,1H3,(H2,36,38,39). The highest BCUT2D eigenvalue weighted by atomic mass is 32.2. The number of halogens is 3. The van der Waals surface area contributed by atoms with Crippen molar-refractivity contribution in [1.29, 1.82) is 0 Å². The first kappa shape index (κ1) is 28.2. The molecule has 7 rings (SSSR count). The minimum atomic E-state index is -4.36. The number of H-pyrrole nitrogens is 1. The second kappa shape index (κ2) is 11.5. The number of hydrogen-bond donors (Lipinski definition) is 3. The monoisotopic (exact) mass is 618 g/mol. The van der Waals surface area contributed by atoms with E-state index in [2.05, 4.69) is 25.6 Å². The number of benzene rings is 3. The van der Waals surface area contributed by atoms with Gasteiger partial charge in [0, 0.05) is 42.1 Å². The van der Waals surface area contributed by atoms with Gasteiger partial charge in [-0.2, -0.15) is 13.2 Å². The number of aromatic nitrogens is 3. The molecule has 13 heteroatoms. The summed E-state index contributed by atoms with van der Waals surface area (Å²) < 4.78 is 55.3. The highest BCUT2D eigenvalue weighted by molar-refractivity contribution is 8.00. The van der Waals surface area contributed by atoms with Crippen molar-refractivity contribution >= 4 is 45.8 Å². The number of alkyl halides is 3. The molecule has 3 N–H and O–H groups in total. The van der Waals surface area contributed by atoms with Crippen LogP contribution in [0.1, 0.15) is 17.3 Å². The van der Waals surface area contributed by atoms with Gasteiger partial charge in [0.2, 0.25) is 5.95 Å². The number of methoxy groups -OCH3 is 1. The summed E-state index contributed by atoms with van der Waals surface area (Å²) in [4.78, 5) is 17.2. The van der Waals surface area contributed by atoms with E-state index < -0.39 is 5.51 Å². The van der Waals surface area contributed by atoms with Gasteiger partial charge in [0.25, 0.3) is 0 Å². The topological polar surface area (TPSA) is 116 Å². The van der Waals surface area contributed by atoms with Crippen molar-refractivity contribution in [3.05, 3.63) is 90.3 Å². The Morgan fingerprint density at radius 2 is 1.80 bits per heavy atom. The van der Waals surface area contributed by atoms with Crippen LogP contribution in [0.15, 0.2) is 88.9 Å². The van der Waals surface area contributed by atoms with Crippen molar-refractivity contribution < 1.29 is 27.4 Å². The number of nitrogens with one attached hydrogen (secondary N) is 3. The van der Waals surface area contributed by atoms with E-state index in [0.29, 0.717) is 53.1 Å². The van der Waals surface area contributed by atoms with E-state index in [1.54, 1.807) is 43.6 Å². The van der Waals surface area contributed by atoms with Gasteiger partial charge in [-0.1, -0.05) is 12.1 Å². The van der Waals surface area contributed by atoms with Gasteiger partial charge in [0.05, 0.1) is 46.8 Å². The average Bonchev–Trinajstić information content (AvgIpc) is 3.69. The Morgan fingerprint density at radius 1 is 0.932 bits per heavy atom. The number of rotatable bonds is 10. The summed E-state index contributed by atoms with van der Waals surface area (Å²) in [5, 5.41) is 6.52. The number of anilines is 2. The zero-order chi connectivity index (χ0) is 30.3. The molecule has 4 heterocycles. The van der Waals surface area contributed by atoms with Crippen LogP contribution < -0.4 is 20.1 Å². The number of fused-ring (bicyclic) bond motifs is 4. The molecule has 2 unspecified atom stereocenters. The van der Waals surface area contributed by atoms with Crippen molar-refractivity contribution in [1.82, 2.24) is 20.3 Å². The van der Waals surface area contributed by atoms with E-state index in [1.165, 1.54) is 12.1 Å². The predicted molar refractivity (Wildman–Crippen MR) is 162 cm³/mol. The Labute approximate surface area is 253 Å². The molecule has 2 atom stereocenters. The molecule has 224 valence electrons. The molecule has 0 saturated carbocycles. The Hall–Kier alpha value is -4.59. The number of ether oxygens (including phenoxy) is 3. The Morgan fingerprint density at radius 3 is 2.66 bits per heavy atom. The molecule has 0 spiro atoms. The first-order valence-electron chi connectivity index (χ1n) is 13.7. The highest BCUT2D eigenvalue weighted by Crippen LogP contribution is 2.44. The van der Waals surface area contributed by atoms with Crippen LogP contribution in [0.25, 0.3) is 11.0 Å². The Kier molecular flexibility index (Phi) is 7.36. The lowest BCUT2D eigenvalue weighted by atomic mass is 9.99. The first-order valence-corrected chi connectivity index (χ1v) is 14.5. The van der Waals surface area contributed by atoms with Crippen LogP contribution in [0.2, 0.25) is 0 Å². The van der Waals surface area contributed by atoms with E-state index >= 15 is 0 Å². The second-order valence-corrected chi connectivity index (χ2v) is 11.3. The van der Waals surface area contributed by atoms with E-state index in [-0.39, 0.29) is 28.7 Å². The summed E-state index contributed by atoms with van der Waals surface area (Å²) in [5.41, 5.74) is 0.992. The van der Waals surface area contributed by atoms with Gasteiger partial charge in [-0.05, 0) is 59.8 Å². The molecule has 0 bridgehead atoms. The van der Waals surface area contributed by atoms with E-state index in [9.17, 15) is 13.2 Å². The van der Waals surface area contributed by atoms with Crippen molar-refractivity contribution in [2.45, 2.75) is 22.5 Å². The fraction of sp³-hybridized carbons (Fsp3) is 0.194. The van der Waals surface area contributed by atoms with Crippen LogP contribution in [0, 0.1) is 0 Å². The molecule has 0 amide bonds. The second-order valence-electron chi connectivity index (χ2n) is 10.1. The third kappa shape index (κ3) is 6.20. The lowest BCUT2D eigenvalue weighted by molar-refractivity contribution is -0.0328. The van der Waals surface area contributed by atoms with Crippen LogP contribution in [0.3, 0.4) is 0 Å². The molecule has 2 aliphatic rings. The molecule has 2 aliphatic heterocycles. The van der Waals surface area contributed by atoms with Crippen molar-refractivity contribution in [3.63, 3.8) is 0 Å². The number of pyridine rings is 1. The molecule has 1 fully saturated rings. The van der Waals surface area contributed by atoms with Crippen LogP contribution >= 0.6 is 11.8 Å². The summed E-state index contributed by atoms with van der Waals surface area (Å²) in [7, 11) is 1.63. The predicted octanol–water partition coefficient (Wildman–Crippen LogP) is 7.28. The Balaban J connectivity index is 1.07. The fourth-order valence-corrected chi connectivity index (χ4v) is 5.65. The summed E-state index contributed by atoms with van der Waals surface area (Å²) in [6.07, 6.45) is 1.69. The minimum Gasteiger partial charge on any atom is -0.491 e. The molecular weight excluding hydrogens is 593 g/mol. The van der Waals surface area contributed by atoms with E-state index in [1.807, 2.05) is 30.3 Å². The van der Waals surface area contributed by atoms with Crippen molar-refractivity contribution in [2.24, 2.45) is 4.99 Å². The molecule has 1 saturated heterocycles. The molecule has 3 aromatic carbocycles. The third-order valence-corrected chi connectivity index (χ3v) is 7.75. The van der Waals surface area contributed by atoms with Crippen LogP contribution in [-0.4, -0.2) is 52.5 Å². The molecule has 0 radical (unpaired) electrons. The number of aromatic amines is 1. The van der Waals surface area contributed by atoms with Gasteiger partial charge in [-0.15, -0.1) is 0 Å². The summed E-state index contributed by atoms with van der Waals surface area (Å²) in [6, 6.07) is 21.3. The number of imidazole rings is 1. The molecule has 5 aromatic rings. The molecule has 2 aromatic heterocycles. The average molecular weight is 619 g/mol. The van der Waals surface area contributed by atoms with Crippen LogP contribution in [-0.2, 0) is 4.74 Å². The summed E-state index contributed by atoms with van der Waals surface area (Å²) in [6.45, 7) is 0.958. The van der Waals surface area contributed by atoms with Gasteiger partial charge in [-0.25, -0.2) is 9.98 Å². The lowest BCUT2D eigenvalue weighted by Crippen LogP contribution is -2.16. The maximum atomic E-state index is 12.8. The maximum Gasteiger partial charge on any atom is 0.446 e. The van der Waals surface area contributed by atoms with E-state index in [4.69, 9.17) is 19.2 Å².